The summed E-state index contributed by atoms with van der Waals surface area (Å²) in [6.45, 7) is 6.53. The minimum atomic E-state index is -0.121. The van der Waals surface area contributed by atoms with E-state index in [4.69, 9.17) is 4.74 Å². The van der Waals surface area contributed by atoms with Gasteiger partial charge >= 0.3 is 0 Å². The Morgan fingerprint density at radius 2 is 1.88 bits per heavy atom. The van der Waals surface area contributed by atoms with Crippen LogP contribution in [0.2, 0.25) is 0 Å². The van der Waals surface area contributed by atoms with Gasteiger partial charge in [0.05, 0.1) is 19.1 Å². The third-order valence-corrected chi connectivity index (χ3v) is 4.10. The molecule has 0 bridgehead atoms. The van der Waals surface area contributed by atoms with E-state index in [0.717, 1.165) is 25.0 Å². The third-order valence-electron chi connectivity index (χ3n) is 4.10. The number of carbonyl (C=O) groups excluding carboxylic acids is 2. The van der Waals surface area contributed by atoms with Crippen molar-refractivity contribution in [2.45, 2.75) is 39.2 Å². The topological polar surface area (TPSA) is 58.6 Å². The molecule has 0 radical (unpaired) electrons. The summed E-state index contributed by atoms with van der Waals surface area (Å²) in [6, 6.07) is 9.53. The molecule has 5 nitrogen and oxygen atoms in total. The minimum Gasteiger partial charge on any atom is -0.378 e. The molecule has 24 heavy (non-hydrogen) atoms. The van der Waals surface area contributed by atoms with Crippen LogP contribution in [-0.4, -0.2) is 49.1 Å². The van der Waals surface area contributed by atoms with E-state index in [-0.39, 0.29) is 24.5 Å². The molecule has 1 N–H and O–H groups in total. The molecule has 1 heterocycles. The summed E-state index contributed by atoms with van der Waals surface area (Å²) in [4.78, 5) is 25.9. The summed E-state index contributed by atoms with van der Waals surface area (Å²) in [6.07, 6.45) is 2.30. The van der Waals surface area contributed by atoms with Gasteiger partial charge in [-0.25, -0.2) is 0 Å². The maximum absolute atomic E-state index is 12.2. The van der Waals surface area contributed by atoms with Crippen LogP contribution in [0.25, 0.3) is 0 Å². The molecule has 0 atom stereocenters. The maximum Gasteiger partial charge on any atom is 0.241 e. The zero-order valence-corrected chi connectivity index (χ0v) is 14.7. The van der Waals surface area contributed by atoms with Gasteiger partial charge in [-0.3, -0.25) is 9.59 Å². The molecule has 0 spiro atoms. The normalized spacial score (nSPS) is 15.5. The molecule has 1 aromatic rings. The second-order valence-electron chi connectivity index (χ2n) is 6.75. The number of amides is 2. The van der Waals surface area contributed by atoms with Crippen molar-refractivity contribution in [3.8, 4) is 0 Å². The maximum atomic E-state index is 12.2. The van der Waals surface area contributed by atoms with Gasteiger partial charge in [0, 0.05) is 19.7 Å². The number of nitrogens with zero attached hydrogens (tertiary/aromatic N) is 1. The Balaban J connectivity index is 1.65. The van der Waals surface area contributed by atoms with E-state index in [2.05, 4.69) is 19.2 Å². The van der Waals surface area contributed by atoms with Crippen LogP contribution in [0.1, 0.15) is 32.3 Å². The Morgan fingerprint density at radius 3 is 2.50 bits per heavy atom. The van der Waals surface area contributed by atoms with Gasteiger partial charge in [-0.05, 0) is 24.3 Å². The number of hydrogen-bond donors (Lipinski definition) is 1. The van der Waals surface area contributed by atoms with Crippen LogP contribution in [0.3, 0.4) is 0 Å². The average Bonchev–Trinajstić information content (AvgIpc) is 2.59. The molecule has 1 aliphatic heterocycles. The first kappa shape index (κ1) is 18.5. The summed E-state index contributed by atoms with van der Waals surface area (Å²) < 4.78 is 5.83. The number of rotatable bonds is 7. The minimum absolute atomic E-state index is 0.0151. The fourth-order valence-corrected chi connectivity index (χ4v) is 2.73. The molecular formula is C19H28N2O3. The lowest BCUT2D eigenvalue weighted by molar-refractivity contribution is -0.135. The zero-order valence-electron chi connectivity index (χ0n) is 14.7. The lowest BCUT2D eigenvalue weighted by Crippen LogP contribution is -2.45. The van der Waals surface area contributed by atoms with E-state index in [1.807, 2.05) is 35.2 Å². The Hall–Kier alpha value is -1.88. The SMILES string of the molecule is CC(C)COC1CCN(C(=O)CNC(=O)Cc2ccccc2)CC1. The molecule has 0 aliphatic carbocycles. The Kier molecular flexibility index (Phi) is 7.25. The highest BCUT2D eigenvalue weighted by molar-refractivity contribution is 5.85. The fraction of sp³-hybridized carbons (Fsp3) is 0.579. The van der Waals surface area contributed by atoms with Crippen LogP contribution < -0.4 is 5.32 Å². The number of piperidine rings is 1. The van der Waals surface area contributed by atoms with Crippen LogP contribution in [-0.2, 0) is 20.7 Å². The summed E-state index contributed by atoms with van der Waals surface area (Å²) >= 11 is 0. The van der Waals surface area contributed by atoms with Crippen molar-refractivity contribution in [2.24, 2.45) is 5.92 Å². The van der Waals surface area contributed by atoms with Crippen molar-refractivity contribution in [2.75, 3.05) is 26.2 Å². The molecule has 0 saturated carbocycles. The molecule has 2 amide bonds. The molecule has 1 saturated heterocycles. The van der Waals surface area contributed by atoms with Crippen molar-refractivity contribution in [1.29, 1.82) is 0 Å². The Bertz CT molecular complexity index is 523. The van der Waals surface area contributed by atoms with E-state index in [1.165, 1.54) is 0 Å². The molecule has 5 heteroatoms. The molecule has 1 aliphatic rings. The summed E-state index contributed by atoms with van der Waals surface area (Å²) in [5, 5.41) is 2.72. The number of hydrogen-bond acceptors (Lipinski definition) is 3. The largest absolute Gasteiger partial charge is 0.378 e. The predicted octanol–water partition coefficient (Wildman–Crippen LogP) is 2.01. The Morgan fingerprint density at radius 1 is 1.21 bits per heavy atom. The molecule has 132 valence electrons. The van der Waals surface area contributed by atoms with E-state index in [9.17, 15) is 9.59 Å². The first-order chi connectivity index (χ1) is 11.5. The zero-order chi connectivity index (χ0) is 17.4. The molecule has 1 fully saturated rings. The quantitative estimate of drug-likeness (QED) is 0.831. The molecule has 0 aromatic heterocycles. The van der Waals surface area contributed by atoms with E-state index >= 15 is 0 Å². The van der Waals surface area contributed by atoms with Crippen LogP contribution in [0, 0.1) is 5.92 Å². The third kappa shape index (κ3) is 6.32. The van der Waals surface area contributed by atoms with E-state index in [1.54, 1.807) is 0 Å². The fourth-order valence-electron chi connectivity index (χ4n) is 2.73. The highest BCUT2D eigenvalue weighted by Crippen LogP contribution is 2.14. The second-order valence-corrected chi connectivity index (χ2v) is 6.75. The number of carbonyl (C=O) groups is 2. The smallest absolute Gasteiger partial charge is 0.241 e. The Labute approximate surface area is 144 Å². The van der Waals surface area contributed by atoms with Gasteiger partial charge in [0.2, 0.25) is 11.8 Å². The summed E-state index contributed by atoms with van der Waals surface area (Å²) in [5.41, 5.74) is 0.950. The van der Waals surface area contributed by atoms with Gasteiger partial charge in [-0.15, -0.1) is 0 Å². The first-order valence-electron chi connectivity index (χ1n) is 8.74. The van der Waals surface area contributed by atoms with Crippen molar-refractivity contribution in [1.82, 2.24) is 10.2 Å². The number of nitrogens with one attached hydrogen (secondary N) is 1. The molecule has 1 aromatic carbocycles. The van der Waals surface area contributed by atoms with Gasteiger partial charge in [0.25, 0.3) is 0 Å². The van der Waals surface area contributed by atoms with Gasteiger partial charge in [-0.1, -0.05) is 44.2 Å². The summed E-state index contributed by atoms with van der Waals surface area (Å²) in [5.74, 6) is 0.396. The lowest BCUT2D eigenvalue weighted by atomic mass is 10.1. The van der Waals surface area contributed by atoms with Crippen LogP contribution >= 0.6 is 0 Å². The second kappa shape index (κ2) is 9.42. The van der Waals surface area contributed by atoms with Crippen molar-refractivity contribution in [3.63, 3.8) is 0 Å². The molecule has 2 rings (SSSR count). The van der Waals surface area contributed by atoms with Crippen LogP contribution in [0.5, 0.6) is 0 Å². The molecular weight excluding hydrogens is 304 g/mol. The van der Waals surface area contributed by atoms with Crippen molar-refractivity contribution >= 4 is 11.8 Å². The monoisotopic (exact) mass is 332 g/mol. The lowest BCUT2D eigenvalue weighted by Gasteiger charge is -2.32. The van der Waals surface area contributed by atoms with Crippen molar-refractivity contribution < 1.29 is 14.3 Å². The standard InChI is InChI=1S/C19H28N2O3/c1-15(2)14-24-17-8-10-21(11-9-17)19(23)13-20-18(22)12-16-6-4-3-5-7-16/h3-7,15,17H,8-14H2,1-2H3,(H,20,22). The number of likely N-dealkylation sites (tertiary alicyclic amines) is 1. The van der Waals surface area contributed by atoms with Gasteiger partial charge in [-0.2, -0.15) is 0 Å². The summed E-state index contributed by atoms with van der Waals surface area (Å²) in [7, 11) is 0. The van der Waals surface area contributed by atoms with Crippen LogP contribution in [0.4, 0.5) is 0 Å². The van der Waals surface area contributed by atoms with Crippen molar-refractivity contribution in [3.05, 3.63) is 35.9 Å². The van der Waals surface area contributed by atoms with Gasteiger partial charge < -0.3 is 15.0 Å². The highest BCUT2D eigenvalue weighted by Gasteiger charge is 2.23. The highest BCUT2D eigenvalue weighted by atomic mass is 16.5. The number of benzene rings is 1. The van der Waals surface area contributed by atoms with Gasteiger partial charge in [0.1, 0.15) is 0 Å². The predicted molar refractivity (Wildman–Crippen MR) is 93.5 cm³/mol. The van der Waals surface area contributed by atoms with E-state index in [0.29, 0.717) is 25.4 Å². The number of ether oxygens (including phenoxy) is 1. The van der Waals surface area contributed by atoms with Crippen LogP contribution in [0.15, 0.2) is 30.3 Å². The van der Waals surface area contributed by atoms with Gasteiger partial charge in [0.15, 0.2) is 0 Å². The average molecular weight is 332 g/mol. The first-order valence-corrected chi connectivity index (χ1v) is 8.74. The van der Waals surface area contributed by atoms with E-state index < -0.39 is 0 Å². The molecule has 0 unspecified atom stereocenters.